The van der Waals surface area contributed by atoms with E-state index in [1.165, 1.54) is 16.7 Å². The van der Waals surface area contributed by atoms with Crippen LogP contribution in [0.1, 0.15) is 42.0 Å². The van der Waals surface area contributed by atoms with Gasteiger partial charge in [0.05, 0.1) is 18.9 Å². The van der Waals surface area contributed by atoms with Gasteiger partial charge in [0, 0.05) is 37.9 Å². The van der Waals surface area contributed by atoms with E-state index in [0.717, 1.165) is 49.6 Å². The van der Waals surface area contributed by atoms with Gasteiger partial charge in [-0.2, -0.15) is 5.10 Å². The Hall–Kier alpha value is -2.53. The average molecular weight is 377 g/mol. The minimum absolute atomic E-state index is 0.193. The van der Waals surface area contributed by atoms with Crippen LogP contribution in [-0.4, -0.2) is 48.6 Å². The van der Waals surface area contributed by atoms with Crippen molar-refractivity contribution in [3.05, 3.63) is 59.2 Å². The molecule has 0 unspecified atom stereocenters. The Morgan fingerprint density at radius 3 is 2.57 bits per heavy atom. The van der Waals surface area contributed by atoms with E-state index in [1.807, 2.05) is 6.07 Å². The van der Waals surface area contributed by atoms with Gasteiger partial charge < -0.3 is 14.4 Å². The van der Waals surface area contributed by atoms with Crippen molar-refractivity contribution < 1.29 is 9.47 Å². The fourth-order valence-electron chi connectivity index (χ4n) is 4.65. The standard InChI is InChI=1S/C23H27N3O2/c1-16-7-9-17(10-8-16)19-15-20-18-5-4-6-21(27-3)22(18)28-23(26(20)24-19)11-13-25(2)14-12-23/h4-10,20H,11-15H2,1-3H3/t20-/m0/s1. The molecule has 1 spiro atoms. The molecule has 1 atom stereocenters. The lowest BCUT2D eigenvalue weighted by Crippen LogP contribution is -2.58. The van der Waals surface area contributed by atoms with Crippen molar-refractivity contribution in [3.63, 3.8) is 0 Å². The highest BCUT2D eigenvalue weighted by atomic mass is 16.5. The van der Waals surface area contributed by atoms with Crippen molar-refractivity contribution in [1.29, 1.82) is 0 Å². The van der Waals surface area contributed by atoms with Gasteiger partial charge in [-0.3, -0.25) is 0 Å². The van der Waals surface area contributed by atoms with Crippen molar-refractivity contribution in [2.45, 2.75) is 38.0 Å². The minimum atomic E-state index is -0.398. The highest BCUT2D eigenvalue weighted by Crippen LogP contribution is 2.52. The summed E-state index contributed by atoms with van der Waals surface area (Å²) in [5.41, 5.74) is 4.39. The number of nitrogens with zero attached hydrogens (tertiary/aromatic N) is 3. The molecule has 3 aliphatic rings. The molecule has 3 heterocycles. The summed E-state index contributed by atoms with van der Waals surface area (Å²) in [4.78, 5) is 2.36. The summed E-state index contributed by atoms with van der Waals surface area (Å²) in [5, 5.41) is 7.39. The molecule has 5 rings (SSSR count). The van der Waals surface area contributed by atoms with Gasteiger partial charge >= 0.3 is 0 Å². The summed E-state index contributed by atoms with van der Waals surface area (Å²) < 4.78 is 12.4. The Labute approximate surface area is 166 Å². The number of para-hydroxylation sites is 1. The molecule has 0 saturated carbocycles. The lowest BCUT2D eigenvalue weighted by Gasteiger charge is -2.50. The second-order valence-corrected chi connectivity index (χ2v) is 8.21. The number of ether oxygens (including phenoxy) is 2. The van der Waals surface area contributed by atoms with Crippen molar-refractivity contribution in [3.8, 4) is 11.5 Å². The van der Waals surface area contributed by atoms with Crippen LogP contribution in [0.2, 0.25) is 0 Å². The molecule has 146 valence electrons. The lowest BCUT2D eigenvalue weighted by molar-refractivity contribution is -0.148. The number of hydrogen-bond donors (Lipinski definition) is 0. The number of aryl methyl sites for hydroxylation is 1. The summed E-state index contributed by atoms with van der Waals surface area (Å²) in [5.74, 6) is 1.72. The minimum Gasteiger partial charge on any atom is -0.493 e. The molecule has 1 saturated heterocycles. The topological polar surface area (TPSA) is 37.3 Å². The lowest BCUT2D eigenvalue weighted by atomic mass is 9.90. The van der Waals surface area contributed by atoms with E-state index in [0.29, 0.717) is 0 Å². The van der Waals surface area contributed by atoms with E-state index in [4.69, 9.17) is 14.6 Å². The predicted octanol–water partition coefficient (Wildman–Crippen LogP) is 3.97. The van der Waals surface area contributed by atoms with Gasteiger partial charge in [-0.1, -0.05) is 42.0 Å². The van der Waals surface area contributed by atoms with Crippen LogP contribution < -0.4 is 9.47 Å². The highest BCUT2D eigenvalue weighted by molar-refractivity contribution is 6.02. The normalized spacial score (nSPS) is 23.0. The van der Waals surface area contributed by atoms with Crippen LogP contribution in [0, 0.1) is 6.92 Å². The van der Waals surface area contributed by atoms with Crippen LogP contribution in [0.3, 0.4) is 0 Å². The Bertz CT molecular complexity index is 914. The van der Waals surface area contributed by atoms with E-state index in [2.05, 4.69) is 60.3 Å². The molecule has 0 bridgehead atoms. The second kappa shape index (κ2) is 6.52. The van der Waals surface area contributed by atoms with Gasteiger partial charge in [-0.05, 0) is 25.6 Å². The van der Waals surface area contributed by atoms with Gasteiger partial charge in [0.15, 0.2) is 11.5 Å². The molecule has 3 aliphatic heterocycles. The Kier molecular flexibility index (Phi) is 4.09. The van der Waals surface area contributed by atoms with Crippen LogP contribution in [0.25, 0.3) is 0 Å². The van der Waals surface area contributed by atoms with E-state index in [1.54, 1.807) is 7.11 Å². The number of rotatable bonds is 2. The third-order valence-electron chi connectivity index (χ3n) is 6.36. The zero-order valence-corrected chi connectivity index (χ0v) is 16.8. The third kappa shape index (κ3) is 2.68. The molecule has 0 amide bonds. The number of methoxy groups -OCH3 is 1. The summed E-state index contributed by atoms with van der Waals surface area (Å²) in [6.07, 6.45) is 2.76. The molecule has 0 aliphatic carbocycles. The van der Waals surface area contributed by atoms with Crippen molar-refractivity contribution in [2.24, 2.45) is 5.10 Å². The highest BCUT2D eigenvalue weighted by Gasteiger charge is 2.52. The molecular weight excluding hydrogens is 350 g/mol. The zero-order chi connectivity index (χ0) is 19.3. The van der Waals surface area contributed by atoms with Gasteiger partial charge in [0.25, 0.3) is 0 Å². The number of fused-ring (bicyclic) bond motifs is 4. The SMILES string of the molecule is COc1cccc2c1OC1(CCN(C)CC1)N1N=C(c3ccc(C)cc3)C[C@@H]21. The second-order valence-electron chi connectivity index (χ2n) is 8.21. The molecule has 0 radical (unpaired) electrons. The van der Waals surface area contributed by atoms with Crippen LogP contribution in [-0.2, 0) is 0 Å². The molecule has 5 heteroatoms. The maximum absolute atomic E-state index is 6.72. The molecule has 2 aromatic rings. The first kappa shape index (κ1) is 17.6. The molecule has 5 nitrogen and oxygen atoms in total. The Morgan fingerprint density at radius 2 is 1.86 bits per heavy atom. The van der Waals surface area contributed by atoms with Crippen molar-refractivity contribution in [1.82, 2.24) is 9.91 Å². The fraction of sp³-hybridized carbons (Fsp3) is 0.435. The first-order valence-corrected chi connectivity index (χ1v) is 10.1. The smallest absolute Gasteiger partial charge is 0.200 e. The fourth-order valence-corrected chi connectivity index (χ4v) is 4.65. The van der Waals surface area contributed by atoms with Gasteiger partial charge in [0.1, 0.15) is 0 Å². The van der Waals surface area contributed by atoms with Crippen molar-refractivity contribution in [2.75, 3.05) is 27.2 Å². The van der Waals surface area contributed by atoms with Crippen LogP contribution in [0.4, 0.5) is 0 Å². The van der Waals surface area contributed by atoms with E-state index < -0.39 is 5.72 Å². The maximum Gasteiger partial charge on any atom is 0.200 e. The monoisotopic (exact) mass is 377 g/mol. The van der Waals surface area contributed by atoms with Gasteiger partial charge in [0.2, 0.25) is 5.72 Å². The average Bonchev–Trinajstić information content (AvgIpc) is 3.17. The first-order chi connectivity index (χ1) is 13.6. The summed E-state index contributed by atoms with van der Waals surface area (Å²) in [6.45, 7) is 4.12. The predicted molar refractivity (Wildman–Crippen MR) is 110 cm³/mol. The third-order valence-corrected chi connectivity index (χ3v) is 6.36. The van der Waals surface area contributed by atoms with Crippen LogP contribution >= 0.6 is 0 Å². The molecule has 1 fully saturated rings. The first-order valence-electron chi connectivity index (χ1n) is 10.1. The molecule has 2 aromatic carbocycles. The van der Waals surface area contributed by atoms with Crippen LogP contribution in [0.15, 0.2) is 47.6 Å². The van der Waals surface area contributed by atoms with Gasteiger partial charge in [-0.25, -0.2) is 5.01 Å². The molecule has 28 heavy (non-hydrogen) atoms. The van der Waals surface area contributed by atoms with Crippen LogP contribution in [0.5, 0.6) is 11.5 Å². The van der Waals surface area contributed by atoms with E-state index >= 15 is 0 Å². The summed E-state index contributed by atoms with van der Waals surface area (Å²) in [7, 11) is 3.89. The Morgan fingerprint density at radius 1 is 1.11 bits per heavy atom. The number of likely N-dealkylation sites (tertiary alicyclic amines) is 1. The van der Waals surface area contributed by atoms with E-state index in [9.17, 15) is 0 Å². The quantitative estimate of drug-likeness (QED) is 0.794. The number of benzene rings is 2. The van der Waals surface area contributed by atoms with Gasteiger partial charge in [-0.15, -0.1) is 0 Å². The van der Waals surface area contributed by atoms with Crippen molar-refractivity contribution >= 4 is 5.71 Å². The number of hydrogen-bond acceptors (Lipinski definition) is 5. The Balaban J connectivity index is 1.60. The molecule has 0 N–H and O–H groups in total. The zero-order valence-electron chi connectivity index (χ0n) is 16.8. The summed E-state index contributed by atoms with van der Waals surface area (Å²) in [6, 6.07) is 15.1. The maximum atomic E-state index is 6.72. The summed E-state index contributed by atoms with van der Waals surface area (Å²) >= 11 is 0. The molecular formula is C23H27N3O2. The largest absolute Gasteiger partial charge is 0.493 e. The van der Waals surface area contributed by atoms with E-state index in [-0.39, 0.29) is 6.04 Å². The number of hydrazone groups is 1. The molecule has 0 aromatic heterocycles. The number of piperidine rings is 1.